The number of fused-ring (bicyclic) bond motifs is 1. The number of ether oxygens (including phenoxy) is 1. The molecule has 2 fully saturated rings. The van der Waals surface area contributed by atoms with Crippen LogP contribution in [-0.4, -0.2) is 31.1 Å². The Labute approximate surface area is 158 Å². The van der Waals surface area contributed by atoms with Gasteiger partial charge >= 0.3 is 0 Å². The van der Waals surface area contributed by atoms with Gasteiger partial charge in [-0.15, -0.1) is 0 Å². The van der Waals surface area contributed by atoms with E-state index in [0.717, 1.165) is 18.5 Å². The molecule has 4 rings (SSSR count). The number of hydrogen-bond donors (Lipinski definition) is 0. The molecule has 0 spiro atoms. The van der Waals surface area contributed by atoms with E-state index in [9.17, 15) is 9.59 Å². The van der Waals surface area contributed by atoms with Crippen molar-refractivity contribution < 1.29 is 19.2 Å². The van der Waals surface area contributed by atoms with E-state index in [1.54, 1.807) is 36.4 Å². The Morgan fingerprint density at radius 2 is 1.67 bits per heavy atom. The van der Waals surface area contributed by atoms with Gasteiger partial charge < -0.3 is 4.74 Å². The van der Waals surface area contributed by atoms with Crippen LogP contribution in [0.5, 0.6) is 5.75 Å². The highest BCUT2D eigenvalue weighted by Gasteiger charge is 2.59. The van der Waals surface area contributed by atoms with Crippen LogP contribution in [0.15, 0.2) is 54.6 Å². The minimum absolute atomic E-state index is 0.165. The fourth-order valence-corrected chi connectivity index (χ4v) is 3.90. The molecule has 3 atom stereocenters. The third-order valence-corrected chi connectivity index (χ3v) is 5.16. The molecule has 0 radical (unpaired) electrons. The number of anilines is 2. The molecule has 27 heavy (non-hydrogen) atoms. The second-order valence-corrected chi connectivity index (χ2v) is 6.78. The summed E-state index contributed by atoms with van der Waals surface area (Å²) in [6.07, 6.45) is 0.882. The summed E-state index contributed by atoms with van der Waals surface area (Å²) in [4.78, 5) is 33.4. The van der Waals surface area contributed by atoms with Crippen molar-refractivity contribution >= 4 is 23.2 Å². The van der Waals surface area contributed by atoms with Crippen LogP contribution in [0.2, 0.25) is 0 Å². The van der Waals surface area contributed by atoms with E-state index in [2.05, 4.69) is 6.92 Å². The van der Waals surface area contributed by atoms with Crippen LogP contribution >= 0.6 is 0 Å². The fraction of sp³-hybridized carbons (Fsp3) is 0.333. The van der Waals surface area contributed by atoms with Crippen molar-refractivity contribution in [1.82, 2.24) is 0 Å². The third-order valence-electron chi connectivity index (χ3n) is 5.16. The normalized spacial score (nSPS) is 24.4. The maximum absolute atomic E-state index is 13.2. The number of imide groups is 1. The first-order valence-electron chi connectivity index (χ1n) is 9.18. The first kappa shape index (κ1) is 17.5. The van der Waals surface area contributed by atoms with Crippen molar-refractivity contribution in [3.05, 3.63) is 54.6 Å². The predicted molar refractivity (Wildman–Crippen MR) is 101 cm³/mol. The third kappa shape index (κ3) is 2.86. The molecule has 2 saturated heterocycles. The van der Waals surface area contributed by atoms with Gasteiger partial charge in [0.25, 0.3) is 5.91 Å². The fourth-order valence-electron chi connectivity index (χ4n) is 3.90. The minimum atomic E-state index is -0.781. The summed E-state index contributed by atoms with van der Waals surface area (Å²) in [5.41, 5.74) is 1.41. The number of rotatable bonds is 5. The van der Waals surface area contributed by atoms with E-state index >= 15 is 0 Å². The average molecular weight is 366 g/mol. The number of para-hydroxylation sites is 1. The number of hydroxylamine groups is 1. The molecular weight excluding hydrogens is 344 g/mol. The summed E-state index contributed by atoms with van der Waals surface area (Å²) in [5, 5.41) is 1.75. The predicted octanol–water partition coefficient (Wildman–Crippen LogP) is 3.17. The smallest absolute Gasteiger partial charge is 0.266 e. The van der Waals surface area contributed by atoms with Crippen molar-refractivity contribution in [2.45, 2.75) is 31.9 Å². The Bertz CT molecular complexity index is 837. The van der Waals surface area contributed by atoms with Crippen molar-refractivity contribution in [1.29, 1.82) is 0 Å². The van der Waals surface area contributed by atoms with Crippen molar-refractivity contribution in [2.75, 3.05) is 17.1 Å². The average Bonchev–Trinajstić information content (AvgIpc) is 3.19. The molecular formula is C21H22N2O4. The number of benzene rings is 2. The quantitative estimate of drug-likeness (QED) is 0.761. The summed E-state index contributed by atoms with van der Waals surface area (Å²) in [7, 11) is 1.58. The molecule has 6 nitrogen and oxygen atoms in total. The van der Waals surface area contributed by atoms with Crippen LogP contribution in [0.4, 0.5) is 11.4 Å². The standard InChI is InChI=1S/C21H22N2O4/c1-3-7-17-18-19(27-23(17)15-8-5-4-6-9-15)21(25)22(20(18)24)14-10-12-16(26-2)13-11-14/h4-6,8-13,17-19H,3,7H2,1-2H3/t17-,18-,19+/m1/s1. The Morgan fingerprint density at radius 1 is 0.963 bits per heavy atom. The van der Waals surface area contributed by atoms with Gasteiger partial charge in [0.05, 0.1) is 30.4 Å². The number of carbonyl (C=O) groups excluding carboxylic acids is 2. The number of carbonyl (C=O) groups is 2. The van der Waals surface area contributed by atoms with E-state index < -0.39 is 12.0 Å². The van der Waals surface area contributed by atoms with Gasteiger partial charge in [-0.2, -0.15) is 0 Å². The van der Waals surface area contributed by atoms with Gasteiger partial charge in [-0.1, -0.05) is 31.5 Å². The molecule has 2 amide bonds. The second kappa shape index (κ2) is 7.04. The Hall–Kier alpha value is -2.86. The van der Waals surface area contributed by atoms with E-state index in [1.165, 1.54) is 4.90 Å². The Kier molecular flexibility index (Phi) is 4.58. The molecule has 2 aliphatic heterocycles. The molecule has 140 valence electrons. The van der Waals surface area contributed by atoms with Crippen molar-refractivity contribution in [2.24, 2.45) is 5.92 Å². The van der Waals surface area contributed by atoms with Gasteiger partial charge in [0, 0.05) is 0 Å². The number of nitrogens with zero attached hydrogens (tertiary/aromatic N) is 2. The highest BCUT2D eigenvalue weighted by atomic mass is 16.7. The van der Waals surface area contributed by atoms with Gasteiger partial charge in [0.15, 0.2) is 6.10 Å². The molecule has 6 heteroatoms. The van der Waals surface area contributed by atoms with Crippen molar-refractivity contribution in [3.63, 3.8) is 0 Å². The largest absolute Gasteiger partial charge is 0.497 e. The lowest BCUT2D eigenvalue weighted by atomic mass is 9.93. The highest BCUT2D eigenvalue weighted by molar-refractivity contribution is 6.23. The molecule has 2 aromatic carbocycles. The van der Waals surface area contributed by atoms with Crippen LogP contribution in [-0.2, 0) is 14.4 Å². The van der Waals surface area contributed by atoms with E-state index in [0.29, 0.717) is 11.4 Å². The van der Waals surface area contributed by atoms with E-state index in [1.807, 2.05) is 30.3 Å². The molecule has 2 heterocycles. The lowest BCUT2D eigenvalue weighted by Gasteiger charge is -2.28. The zero-order valence-corrected chi connectivity index (χ0v) is 15.4. The molecule has 2 aliphatic rings. The molecule has 0 bridgehead atoms. The van der Waals surface area contributed by atoms with Gasteiger partial charge in [-0.25, -0.2) is 9.96 Å². The van der Waals surface area contributed by atoms with E-state index in [-0.39, 0.29) is 17.9 Å². The monoisotopic (exact) mass is 366 g/mol. The van der Waals surface area contributed by atoms with E-state index in [4.69, 9.17) is 9.57 Å². The minimum Gasteiger partial charge on any atom is -0.497 e. The zero-order valence-electron chi connectivity index (χ0n) is 15.4. The Morgan fingerprint density at radius 3 is 2.30 bits per heavy atom. The second-order valence-electron chi connectivity index (χ2n) is 6.78. The van der Waals surface area contributed by atoms with Gasteiger partial charge in [0.1, 0.15) is 5.75 Å². The van der Waals surface area contributed by atoms with Crippen molar-refractivity contribution in [3.8, 4) is 5.75 Å². The van der Waals surface area contributed by atoms with Crippen LogP contribution in [0.3, 0.4) is 0 Å². The molecule has 2 aromatic rings. The molecule has 0 aliphatic carbocycles. The first-order chi connectivity index (χ1) is 13.2. The van der Waals surface area contributed by atoms with Gasteiger partial charge in [-0.3, -0.25) is 14.4 Å². The summed E-state index contributed by atoms with van der Waals surface area (Å²) < 4.78 is 5.15. The summed E-state index contributed by atoms with van der Waals surface area (Å²) >= 11 is 0. The Balaban J connectivity index is 1.65. The summed E-state index contributed by atoms with van der Waals surface area (Å²) in [6.45, 7) is 2.07. The SMILES string of the molecule is CCC[C@@H]1[C@H]2C(=O)N(c3ccc(OC)cc3)C(=O)[C@H]2ON1c1ccccc1. The molecule has 0 N–H and O–H groups in total. The topological polar surface area (TPSA) is 59.1 Å². The summed E-state index contributed by atoms with van der Waals surface area (Å²) in [5.74, 6) is -0.338. The molecule has 0 unspecified atom stereocenters. The van der Waals surface area contributed by atoms with Crippen LogP contribution in [0.25, 0.3) is 0 Å². The number of methoxy groups -OCH3 is 1. The van der Waals surface area contributed by atoms with Crippen LogP contribution < -0.4 is 14.7 Å². The lowest BCUT2D eigenvalue weighted by Crippen LogP contribution is -2.40. The molecule has 0 aromatic heterocycles. The van der Waals surface area contributed by atoms with Crippen LogP contribution in [0, 0.1) is 5.92 Å². The maximum Gasteiger partial charge on any atom is 0.266 e. The van der Waals surface area contributed by atoms with Gasteiger partial charge in [-0.05, 0) is 42.8 Å². The lowest BCUT2D eigenvalue weighted by molar-refractivity contribution is -0.126. The summed E-state index contributed by atoms with van der Waals surface area (Å²) in [6, 6.07) is 16.4. The number of amides is 2. The first-order valence-corrected chi connectivity index (χ1v) is 9.18. The zero-order chi connectivity index (χ0) is 19.0. The number of hydrogen-bond acceptors (Lipinski definition) is 5. The maximum atomic E-state index is 13.2. The van der Waals surface area contributed by atoms with Crippen LogP contribution in [0.1, 0.15) is 19.8 Å². The highest BCUT2D eigenvalue weighted by Crippen LogP contribution is 2.41. The van der Waals surface area contributed by atoms with Gasteiger partial charge in [0.2, 0.25) is 5.91 Å². The molecule has 0 saturated carbocycles.